The van der Waals surface area contributed by atoms with Crippen LogP contribution < -0.4 is 4.90 Å². The molecule has 2 rings (SSSR count). The van der Waals surface area contributed by atoms with Crippen molar-refractivity contribution in [2.75, 3.05) is 31.6 Å². The van der Waals surface area contributed by atoms with Crippen LogP contribution in [0.15, 0.2) is 6.20 Å². The molecular formula is C18H30N4O. The van der Waals surface area contributed by atoms with Crippen LogP contribution in [0.3, 0.4) is 0 Å². The molecule has 0 bridgehead atoms. The van der Waals surface area contributed by atoms with Crippen molar-refractivity contribution in [2.45, 2.75) is 47.5 Å². The van der Waals surface area contributed by atoms with Crippen LogP contribution in [0.5, 0.6) is 0 Å². The Hall–Kier alpha value is -1.65. The number of carbonyl (C=O) groups is 1. The van der Waals surface area contributed by atoms with E-state index in [0.29, 0.717) is 5.92 Å². The summed E-state index contributed by atoms with van der Waals surface area (Å²) in [6.45, 7) is 12.8. The van der Waals surface area contributed by atoms with Crippen molar-refractivity contribution < 1.29 is 4.79 Å². The molecular weight excluding hydrogens is 288 g/mol. The van der Waals surface area contributed by atoms with Crippen molar-refractivity contribution in [3.8, 4) is 0 Å². The van der Waals surface area contributed by atoms with E-state index in [0.717, 1.165) is 49.7 Å². The van der Waals surface area contributed by atoms with Crippen LogP contribution in [-0.4, -0.2) is 47.5 Å². The molecule has 23 heavy (non-hydrogen) atoms. The van der Waals surface area contributed by atoms with E-state index in [2.05, 4.69) is 14.9 Å². The van der Waals surface area contributed by atoms with Gasteiger partial charge in [0.15, 0.2) is 0 Å². The Balaban J connectivity index is 1.91. The third-order valence-corrected chi connectivity index (χ3v) is 4.49. The van der Waals surface area contributed by atoms with Gasteiger partial charge in [0.05, 0.1) is 11.4 Å². The monoisotopic (exact) mass is 318 g/mol. The maximum absolute atomic E-state index is 12.3. The summed E-state index contributed by atoms with van der Waals surface area (Å²) in [7, 11) is 1.93. The zero-order chi connectivity index (χ0) is 17.2. The average molecular weight is 318 g/mol. The van der Waals surface area contributed by atoms with Gasteiger partial charge in [-0.25, -0.2) is 4.98 Å². The highest BCUT2D eigenvalue weighted by atomic mass is 16.2. The maximum atomic E-state index is 12.3. The summed E-state index contributed by atoms with van der Waals surface area (Å²) in [6, 6.07) is 0. The minimum absolute atomic E-state index is 0.223. The predicted octanol–water partition coefficient (Wildman–Crippen LogP) is 2.81. The number of amides is 1. The van der Waals surface area contributed by atoms with E-state index in [4.69, 9.17) is 0 Å². The molecule has 1 aromatic rings. The molecule has 1 aromatic heterocycles. The molecule has 0 saturated carbocycles. The van der Waals surface area contributed by atoms with Gasteiger partial charge in [0, 0.05) is 38.3 Å². The summed E-state index contributed by atoms with van der Waals surface area (Å²) >= 11 is 0. The highest BCUT2D eigenvalue weighted by Crippen LogP contribution is 2.25. The quantitative estimate of drug-likeness (QED) is 0.860. The Kier molecular flexibility index (Phi) is 5.27. The average Bonchev–Trinajstić information content (AvgIpc) is 2.49. The number of aryl methyl sites for hydroxylation is 2. The summed E-state index contributed by atoms with van der Waals surface area (Å²) in [5, 5.41) is 0. The number of hydrogen-bond donors (Lipinski definition) is 0. The van der Waals surface area contributed by atoms with Gasteiger partial charge in [-0.1, -0.05) is 20.8 Å². The molecule has 128 valence electrons. The number of rotatable bonds is 3. The molecule has 5 nitrogen and oxygen atoms in total. The van der Waals surface area contributed by atoms with Crippen molar-refractivity contribution in [2.24, 2.45) is 11.3 Å². The van der Waals surface area contributed by atoms with E-state index in [1.807, 2.05) is 52.8 Å². The van der Waals surface area contributed by atoms with E-state index < -0.39 is 0 Å². The Labute approximate surface area is 140 Å². The Morgan fingerprint density at radius 1 is 1.30 bits per heavy atom. The minimum Gasteiger partial charge on any atom is -0.355 e. The molecule has 0 aromatic carbocycles. The van der Waals surface area contributed by atoms with Crippen molar-refractivity contribution in [1.29, 1.82) is 0 Å². The number of anilines is 1. The Morgan fingerprint density at radius 2 is 1.91 bits per heavy atom. The SMILES string of the molecule is Cc1cnc(C)c(N2CCC(CN(C)C(=O)C(C)(C)C)CC2)n1. The largest absolute Gasteiger partial charge is 0.355 e. The Bertz CT molecular complexity index is 557. The first-order valence-electron chi connectivity index (χ1n) is 8.49. The number of nitrogens with zero attached hydrogens (tertiary/aromatic N) is 4. The van der Waals surface area contributed by atoms with Crippen molar-refractivity contribution in [3.05, 3.63) is 17.6 Å². The van der Waals surface area contributed by atoms with Gasteiger partial charge >= 0.3 is 0 Å². The maximum Gasteiger partial charge on any atom is 0.227 e. The van der Waals surface area contributed by atoms with Gasteiger partial charge in [-0.2, -0.15) is 0 Å². The Morgan fingerprint density at radius 3 is 2.48 bits per heavy atom. The van der Waals surface area contributed by atoms with E-state index in [1.165, 1.54) is 0 Å². The molecule has 0 aliphatic carbocycles. The molecule has 1 amide bonds. The lowest BCUT2D eigenvalue weighted by Crippen LogP contribution is -2.43. The lowest BCUT2D eigenvalue weighted by molar-refractivity contribution is -0.138. The third kappa shape index (κ3) is 4.43. The lowest BCUT2D eigenvalue weighted by atomic mass is 9.92. The standard InChI is InChI=1S/C18H30N4O/c1-13-11-19-14(2)16(20-13)22-9-7-15(8-10-22)12-21(6)17(23)18(3,4)5/h11,15H,7-10,12H2,1-6H3. The first-order valence-corrected chi connectivity index (χ1v) is 8.49. The van der Waals surface area contributed by atoms with E-state index in [1.54, 1.807) is 0 Å². The molecule has 0 N–H and O–H groups in total. The molecule has 0 atom stereocenters. The molecule has 2 heterocycles. The van der Waals surface area contributed by atoms with Gasteiger partial charge in [-0.15, -0.1) is 0 Å². The predicted molar refractivity (Wildman–Crippen MR) is 93.5 cm³/mol. The normalized spacial score (nSPS) is 16.5. The molecule has 1 fully saturated rings. The summed E-state index contributed by atoms with van der Waals surface area (Å²) in [5.74, 6) is 1.81. The summed E-state index contributed by atoms with van der Waals surface area (Å²) in [4.78, 5) is 25.6. The van der Waals surface area contributed by atoms with E-state index in [9.17, 15) is 4.79 Å². The van der Waals surface area contributed by atoms with Gasteiger partial charge in [0.1, 0.15) is 5.82 Å². The number of aromatic nitrogens is 2. The van der Waals surface area contributed by atoms with Crippen LogP contribution in [0.4, 0.5) is 5.82 Å². The third-order valence-electron chi connectivity index (χ3n) is 4.49. The molecule has 1 aliphatic rings. The number of piperidine rings is 1. The van der Waals surface area contributed by atoms with Gasteiger partial charge in [0.2, 0.25) is 5.91 Å². The van der Waals surface area contributed by atoms with E-state index in [-0.39, 0.29) is 11.3 Å². The first-order chi connectivity index (χ1) is 10.7. The topological polar surface area (TPSA) is 49.3 Å². The van der Waals surface area contributed by atoms with Crippen LogP contribution >= 0.6 is 0 Å². The zero-order valence-electron chi connectivity index (χ0n) is 15.4. The highest BCUT2D eigenvalue weighted by molar-refractivity contribution is 5.81. The van der Waals surface area contributed by atoms with Crippen LogP contribution in [0.25, 0.3) is 0 Å². The second kappa shape index (κ2) is 6.85. The second-order valence-electron chi connectivity index (χ2n) is 7.79. The molecule has 1 saturated heterocycles. The van der Waals surface area contributed by atoms with Crippen LogP contribution in [0, 0.1) is 25.2 Å². The number of hydrogen-bond acceptors (Lipinski definition) is 4. The van der Waals surface area contributed by atoms with Crippen molar-refractivity contribution >= 4 is 11.7 Å². The van der Waals surface area contributed by atoms with Crippen LogP contribution in [0.1, 0.15) is 45.0 Å². The van der Waals surface area contributed by atoms with Gasteiger partial charge in [-0.3, -0.25) is 9.78 Å². The fraction of sp³-hybridized carbons (Fsp3) is 0.722. The molecule has 5 heteroatoms. The molecule has 0 unspecified atom stereocenters. The number of carbonyl (C=O) groups excluding carboxylic acids is 1. The van der Waals surface area contributed by atoms with Crippen LogP contribution in [0.2, 0.25) is 0 Å². The summed E-state index contributed by atoms with van der Waals surface area (Å²) < 4.78 is 0. The summed E-state index contributed by atoms with van der Waals surface area (Å²) in [5.41, 5.74) is 1.65. The van der Waals surface area contributed by atoms with Crippen LogP contribution in [-0.2, 0) is 4.79 Å². The second-order valence-corrected chi connectivity index (χ2v) is 7.79. The first kappa shape index (κ1) is 17.7. The van der Waals surface area contributed by atoms with Gasteiger partial charge in [-0.05, 0) is 32.6 Å². The fourth-order valence-electron chi connectivity index (χ4n) is 3.19. The van der Waals surface area contributed by atoms with Gasteiger partial charge in [0.25, 0.3) is 0 Å². The minimum atomic E-state index is -0.302. The van der Waals surface area contributed by atoms with E-state index >= 15 is 0 Å². The van der Waals surface area contributed by atoms with Crippen molar-refractivity contribution in [1.82, 2.24) is 14.9 Å². The molecule has 0 radical (unpaired) electrons. The van der Waals surface area contributed by atoms with Gasteiger partial charge < -0.3 is 9.80 Å². The zero-order valence-corrected chi connectivity index (χ0v) is 15.4. The smallest absolute Gasteiger partial charge is 0.227 e. The lowest BCUT2D eigenvalue weighted by Gasteiger charge is -2.36. The molecule has 0 spiro atoms. The molecule has 1 aliphatic heterocycles. The summed E-state index contributed by atoms with van der Waals surface area (Å²) in [6.07, 6.45) is 4.01. The highest BCUT2D eigenvalue weighted by Gasteiger charge is 2.28. The van der Waals surface area contributed by atoms with Crippen molar-refractivity contribution in [3.63, 3.8) is 0 Å². The fourth-order valence-corrected chi connectivity index (χ4v) is 3.19.